The van der Waals surface area contributed by atoms with Crippen molar-refractivity contribution >= 4 is 51.3 Å². The van der Waals surface area contributed by atoms with Crippen molar-refractivity contribution in [3.8, 4) is 5.75 Å². The molecule has 1 amide bonds. The first kappa shape index (κ1) is 18.9. The van der Waals surface area contributed by atoms with Gasteiger partial charge in [-0.3, -0.25) is 15.6 Å². The molecular formula is C20H18ClN3O2S. The first-order valence-corrected chi connectivity index (χ1v) is 8.99. The molecule has 0 fully saturated rings. The van der Waals surface area contributed by atoms with Crippen molar-refractivity contribution in [2.24, 2.45) is 0 Å². The summed E-state index contributed by atoms with van der Waals surface area (Å²) in [5.74, 6) is -0.613. The summed E-state index contributed by atoms with van der Waals surface area (Å²) in [6.45, 7) is 3.87. The average Bonchev–Trinajstić information content (AvgIpc) is 2.62. The summed E-state index contributed by atoms with van der Waals surface area (Å²) >= 11 is 11.5. The molecule has 0 aliphatic rings. The number of halogens is 1. The van der Waals surface area contributed by atoms with Crippen molar-refractivity contribution in [1.82, 2.24) is 10.9 Å². The van der Waals surface area contributed by atoms with Crippen LogP contribution in [0.2, 0.25) is 5.02 Å². The molecule has 0 heterocycles. The summed E-state index contributed by atoms with van der Waals surface area (Å²) in [7, 11) is 0. The Labute approximate surface area is 167 Å². The zero-order valence-electron chi connectivity index (χ0n) is 14.8. The van der Waals surface area contributed by atoms with Crippen molar-refractivity contribution in [2.45, 2.75) is 13.8 Å². The molecule has 138 valence electrons. The molecule has 0 aliphatic heterocycles. The molecule has 0 bridgehead atoms. The first-order chi connectivity index (χ1) is 12.8. The number of amides is 1. The second-order valence-electron chi connectivity index (χ2n) is 6.19. The van der Waals surface area contributed by atoms with E-state index < -0.39 is 5.91 Å². The van der Waals surface area contributed by atoms with Crippen LogP contribution in [0.25, 0.3) is 10.8 Å². The topological polar surface area (TPSA) is 73.4 Å². The van der Waals surface area contributed by atoms with Crippen LogP contribution in [-0.4, -0.2) is 16.1 Å². The summed E-state index contributed by atoms with van der Waals surface area (Å²) in [6.07, 6.45) is 0. The van der Waals surface area contributed by atoms with Crippen LogP contribution in [0.4, 0.5) is 5.69 Å². The highest BCUT2D eigenvalue weighted by molar-refractivity contribution is 7.80. The number of fused-ring (bicyclic) bond motifs is 1. The number of phenolic OH excluding ortho intramolecular Hbond substituents is 1. The van der Waals surface area contributed by atoms with E-state index in [1.807, 2.05) is 50.2 Å². The highest BCUT2D eigenvalue weighted by Crippen LogP contribution is 2.27. The van der Waals surface area contributed by atoms with Crippen molar-refractivity contribution in [3.63, 3.8) is 0 Å². The van der Waals surface area contributed by atoms with Crippen LogP contribution in [0, 0.1) is 13.8 Å². The summed E-state index contributed by atoms with van der Waals surface area (Å²) in [6, 6.07) is 14.4. The number of carbonyl (C=O) groups excluding carboxylic acids is 1. The normalized spacial score (nSPS) is 10.5. The third-order valence-corrected chi connectivity index (χ3v) is 4.57. The Bertz CT molecular complexity index is 1030. The number of carbonyl (C=O) groups is 1. The Morgan fingerprint density at radius 2 is 1.70 bits per heavy atom. The smallest absolute Gasteiger partial charge is 0.273 e. The maximum atomic E-state index is 12.4. The lowest BCUT2D eigenvalue weighted by Gasteiger charge is -2.15. The van der Waals surface area contributed by atoms with Crippen molar-refractivity contribution in [3.05, 3.63) is 70.2 Å². The maximum Gasteiger partial charge on any atom is 0.273 e. The minimum atomic E-state index is -0.505. The van der Waals surface area contributed by atoms with Gasteiger partial charge in [-0.15, -0.1) is 0 Å². The van der Waals surface area contributed by atoms with Gasteiger partial charge in [-0.25, -0.2) is 0 Å². The molecule has 0 aromatic heterocycles. The zero-order valence-corrected chi connectivity index (χ0v) is 16.3. The lowest BCUT2D eigenvalue weighted by atomic mass is 10.1. The highest BCUT2D eigenvalue weighted by Gasteiger charge is 2.13. The maximum absolute atomic E-state index is 12.4. The molecule has 0 saturated heterocycles. The number of benzene rings is 3. The number of nitrogens with one attached hydrogen (secondary N) is 3. The predicted molar refractivity (Wildman–Crippen MR) is 113 cm³/mol. The molecule has 3 rings (SSSR count). The summed E-state index contributed by atoms with van der Waals surface area (Å²) in [5.41, 5.74) is 7.90. The van der Waals surface area contributed by atoms with Gasteiger partial charge in [0.15, 0.2) is 5.11 Å². The van der Waals surface area contributed by atoms with Crippen molar-refractivity contribution in [2.75, 3.05) is 5.32 Å². The van der Waals surface area contributed by atoms with Gasteiger partial charge in [0, 0.05) is 0 Å². The van der Waals surface area contributed by atoms with Crippen LogP contribution >= 0.6 is 23.8 Å². The number of hydrogen-bond acceptors (Lipinski definition) is 3. The second-order valence-corrected chi connectivity index (χ2v) is 7.00. The summed E-state index contributed by atoms with van der Waals surface area (Å²) in [4.78, 5) is 12.4. The molecule has 5 nitrogen and oxygen atoms in total. The van der Waals surface area contributed by atoms with E-state index in [1.165, 1.54) is 0 Å². The Balaban J connectivity index is 1.69. The molecule has 0 radical (unpaired) electrons. The predicted octanol–water partition coefficient (Wildman–Crippen LogP) is 4.45. The van der Waals surface area contributed by atoms with E-state index in [9.17, 15) is 9.90 Å². The van der Waals surface area contributed by atoms with Gasteiger partial charge in [0.05, 0.1) is 16.3 Å². The largest absolute Gasteiger partial charge is 0.507 e. The van der Waals surface area contributed by atoms with Gasteiger partial charge in [0.25, 0.3) is 5.91 Å². The van der Waals surface area contributed by atoms with E-state index >= 15 is 0 Å². The van der Waals surface area contributed by atoms with Crippen LogP contribution in [0.15, 0.2) is 48.5 Å². The van der Waals surface area contributed by atoms with Gasteiger partial charge < -0.3 is 10.4 Å². The second kappa shape index (κ2) is 7.82. The monoisotopic (exact) mass is 399 g/mol. The minimum absolute atomic E-state index is 0.107. The van der Waals surface area contributed by atoms with Gasteiger partial charge in [0.1, 0.15) is 5.75 Å². The molecule has 0 saturated carbocycles. The molecule has 4 N–H and O–H groups in total. The number of hydrogen-bond donors (Lipinski definition) is 4. The fourth-order valence-corrected chi connectivity index (χ4v) is 3.33. The Kier molecular flexibility index (Phi) is 5.48. The van der Waals surface area contributed by atoms with Crippen LogP contribution in [-0.2, 0) is 0 Å². The van der Waals surface area contributed by atoms with Crippen molar-refractivity contribution < 1.29 is 9.90 Å². The number of hydrazine groups is 1. The van der Waals surface area contributed by atoms with Crippen LogP contribution in [0.5, 0.6) is 5.75 Å². The molecular weight excluding hydrogens is 382 g/mol. The van der Waals surface area contributed by atoms with Gasteiger partial charge >= 0.3 is 0 Å². The van der Waals surface area contributed by atoms with E-state index in [-0.39, 0.29) is 16.4 Å². The standard InChI is InChI=1S/C20H18ClN3O2S/c1-11-7-12(2)18(16(21)8-11)22-20(27)24-23-19(26)15-9-13-5-3-4-6-14(13)10-17(15)25/h3-10,25H,1-2H3,(H,23,26)(H2,22,24,27). The fourth-order valence-electron chi connectivity index (χ4n) is 2.81. The Hall–Kier alpha value is -2.83. The van der Waals surface area contributed by atoms with Gasteiger partial charge in [-0.05, 0) is 66.2 Å². The summed E-state index contributed by atoms with van der Waals surface area (Å²) < 4.78 is 0. The van der Waals surface area contributed by atoms with E-state index in [0.717, 1.165) is 21.9 Å². The third kappa shape index (κ3) is 4.30. The number of rotatable bonds is 2. The van der Waals surface area contributed by atoms with Crippen LogP contribution < -0.4 is 16.2 Å². The van der Waals surface area contributed by atoms with Gasteiger partial charge in [-0.2, -0.15) is 0 Å². The quantitative estimate of drug-likeness (QED) is 0.378. The van der Waals surface area contributed by atoms with E-state index in [2.05, 4.69) is 16.2 Å². The highest BCUT2D eigenvalue weighted by atomic mass is 35.5. The van der Waals surface area contributed by atoms with Gasteiger partial charge in [-0.1, -0.05) is 41.9 Å². The van der Waals surface area contributed by atoms with Crippen LogP contribution in [0.1, 0.15) is 21.5 Å². The molecule has 7 heteroatoms. The van der Waals surface area contributed by atoms with Crippen LogP contribution in [0.3, 0.4) is 0 Å². The number of thiocarbonyl (C=S) groups is 1. The molecule has 0 unspecified atom stereocenters. The molecule has 0 aliphatic carbocycles. The minimum Gasteiger partial charge on any atom is -0.507 e. The zero-order chi connectivity index (χ0) is 19.6. The third-order valence-electron chi connectivity index (χ3n) is 4.07. The Morgan fingerprint density at radius 3 is 2.37 bits per heavy atom. The molecule has 3 aromatic carbocycles. The van der Waals surface area contributed by atoms with E-state index in [0.29, 0.717) is 10.7 Å². The van der Waals surface area contributed by atoms with E-state index in [4.69, 9.17) is 23.8 Å². The number of aromatic hydroxyl groups is 1. The average molecular weight is 400 g/mol. The number of anilines is 1. The van der Waals surface area contributed by atoms with Crippen molar-refractivity contribution in [1.29, 1.82) is 0 Å². The first-order valence-electron chi connectivity index (χ1n) is 8.21. The SMILES string of the molecule is Cc1cc(C)c(NC(=S)NNC(=O)c2cc3ccccc3cc2O)c(Cl)c1. The molecule has 0 atom stereocenters. The fraction of sp³-hybridized carbons (Fsp3) is 0.100. The summed E-state index contributed by atoms with van der Waals surface area (Å²) in [5, 5.41) is 15.5. The molecule has 0 spiro atoms. The number of aryl methyl sites for hydroxylation is 2. The molecule has 27 heavy (non-hydrogen) atoms. The van der Waals surface area contributed by atoms with E-state index in [1.54, 1.807) is 12.1 Å². The Morgan fingerprint density at radius 1 is 1.04 bits per heavy atom. The number of phenols is 1. The lowest BCUT2D eigenvalue weighted by molar-refractivity contribution is 0.0941. The molecule has 3 aromatic rings. The lowest BCUT2D eigenvalue weighted by Crippen LogP contribution is -2.43. The van der Waals surface area contributed by atoms with Gasteiger partial charge in [0.2, 0.25) is 0 Å².